The summed E-state index contributed by atoms with van der Waals surface area (Å²) in [5, 5.41) is 10.1. The lowest BCUT2D eigenvalue weighted by Gasteiger charge is -2.11. The second kappa shape index (κ2) is 4.88. The first-order valence-electron chi connectivity index (χ1n) is 5.36. The Kier molecular flexibility index (Phi) is 3.45. The Balaban J connectivity index is 2.31. The maximum Gasteiger partial charge on any atom is 0.175 e. The molecular formula is C13H13NO3S. The molecule has 0 aliphatic carbocycles. The number of pyridine rings is 1. The molecule has 0 aliphatic rings. The van der Waals surface area contributed by atoms with Gasteiger partial charge in [0.05, 0.1) is 4.90 Å². The molecule has 2 rings (SSSR count). The van der Waals surface area contributed by atoms with Gasteiger partial charge < -0.3 is 5.11 Å². The van der Waals surface area contributed by atoms with Gasteiger partial charge in [0.2, 0.25) is 0 Å². The molecule has 0 fully saturated rings. The molecule has 0 amide bonds. The number of rotatable bonds is 3. The molecule has 4 nitrogen and oxygen atoms in total. The molecule has 0 saturated carbocycles. The standard InChI is InChI=1S/C13H13NO3S/c1-18(16,17)12-4-2-10(3-5-12)13(15)11-6-8-14-9-7-11/h2-9,13,15H,1H3/t13-/m0/s1. The highest BCUT2D eigenvalue weighted by Crippen LogP contribution is 2.22. The zero-order chi connectivity index (χ0) is 13.2. The Bertz CT molecular complexity index is 621. The van der Waals surface area contributed by atoms with Crippen molar-refractivity contribution in [1.82, 2.24) is 4.98 Å². The van der Waals surface area contributed by atoms with Gasteiger partial charge in [-0.15, -0.1) is 0 Å². The second-order valence-corrected chi connectivity index (χ2v) is 6.04. The first-order valence-corrected chi connectivity index (χ1v) is 7.25. The van der Waals surface area contributed by atoms with E-state index < -0.39 is 15.9 Å². The molecular weight excluding hydrogens is 250 g/mol. The van der Waals surface area contributed by atoms with Crippen molar-refractivity contribution >= 4 is 9.84 Å². The van der Waals surface area contributed by atoms with Gasteiger partial charge in [-0.2, -0.15) is 0 Å². The summed E-state index contributed by atoms with van der Waals surface area (Å²) in [6.07, 6.45) is 3.58. The lowest BCUT2D eigenvalue weighted by molar-refractivity contribution is 0.220. The van der Waals surface area contributed by atoms with Crippen molar-refractivity contribution in [3.05, 3.63) is 59.9 Å². The van der Waals surface area contributed by atoms with E-state index in [4.69, 9.17) is 0 Å². The van der Waals surface area contributed by atoms with Gasteiger partial charge in [-0.05, 0) is 35.4 Å². The van der Waals surface area contributed by atoms with Crippen LogP contribution in [0.25, 0.3) is 0 Å². The minimum absolute atomic E-state index is 0.244. The molecule has 94 valence electrons. The third kappa shape index (κ3) is 2.75. The molecule has 0 radical (unpaired) electrons. The maximum absolute atomic E-state index is 11.3. The van der Waals surface area contributed by atoms with Crippen molar-refractivity contribution in [1.29, 1.82) is 0 Å². The smallest absolute Gasteiger partial charge is 0.175 e. The first kappa shape index (κ1) is 12.7. The minimum atomic E-state index is -3.20. The van der Waals surface area contributed by atoms with Crippen LogP contribution in [0.15, 0.2) is 53.7 Å². The minimum Gasteiger partial charge on any atom is -0.384 e. The number of aromatic nitrogens is 1. The highest BCUT2D eigenvalue weighted by atomic mass is 32.2. The van der Waals surface area contributed by atoms with Crippen molar-refractivity contribution in [2.45, 2.75) is 11.0 Å². The van der Waals surface area contributed by atoms with Crippen LogP contribution in [-0.2, 0) is 9.84 Å². The van der Waals surface area contributed by atoms with E-state index in [2.05, 4.69) is 4.98 Å². The van der Waals surface area contributed by atoms with Crippen LogP contribution in [0.2, 0.25) is 0 Å². The molecule has 1 aromatic carbocycles. The third-order valence-corrected chi connectivity index (χ3v) is 3.77. The van der Waals surface area contributed by atoms with Crippen LogP contribution >= 0.6 is 0 Å². The van der Waals surface area contributed by atoms with Crippen LogP contribution in [-0.4, -0.2) is 24.8 Å². The summed E-state index contributed by atoms with van der Waals surface area (Å²) >= 11 is 0. The summed E-state index contributed by atoms with van der Waals surface area (Å²) in [5.41, 5.74) is 1.37. The number of benzene rings is 1. The van der Waals surface area contributed by atoms with Gasteiger partial charge in [0, 0.05) is 18.6 Å². The quantitative estimate of drug-likeness (QED) is 0.912. The number of aliphatic hydroxyl groups is 1. The Morgan fingerprint density at radius 3 is 2.00 bits per heavy atom. The highest BCUT2D eigenvalue weighted by Gasteiger charge is 2.12. The van der Waals surface area contributed by atoms with Crippen molar-refractivity contribution < 1.29 is 13.5 Å². The molecule has 1 aromatic heterocycles. The average Bonchev–Trinajstić information content (AvgIpc) is 2.38. The van der Waals surface area contributed by atoms with Crippen molar-refractivity contribution in [2.24, 2.45) is 0 Å². The molecule has 5 heteroatoms. The summed E-state index contributed by atoms with van der Waals surface area (Å²) in [6, 6.07) is 9.65. The van der Waals surface area contributed by atoms with E-state index in [1.165, 1.54) is 12.1 Å². The summed E-state index contributed by atoms with van der Waals surface area (Å²) in [7, 11) is -3.20. The fraction of sp³-hybridized carbons (Fsp3) is 0.154. The van der Waals surface area contributed by atoms with E-state index in [1.54, 1.807) is 36.7 Å². The Hall–Kier alpha value is -1.72. The van der Waals surface area contributed by atoms with Crippen molar-refractivity contribution in [2.75, 3.05) is 6.26 Å². The van der Waals surface area contributed by atoms with Crippen molar-refractivity contribution in [3.63, 3.8) is 0 Å². The van der Waals surface area contributed by atoms with Crippen LogP contribution in [0, 0.1) is 0 Å². The predicted octanol–water partition coefficient (Wildman–Crippen LogP) is 1.57. The van der Waals surface area contributed by atoms with Crippen LogP contribution in [0.1, 0.15) is 17.2 Å². The second-order valence-electron chi connectivity index (χ2n) is 4.02. The Morgan fingerprint density at radius 2 is 1.50 bits per heavy atom. The molecule has 18 heavy (non-hydrogen) atoms. The number of hydrogen-bond donors (Lipinski definition) is 1. The number of sulfone groups is 1. The lowest BCUT2D eigenvalue weighted by atomic mass is 10.0. The number of aliphatic hydroxyl groups excluding tert-OH is 1. The van der Waals surface area contributed by atoms with Gasteiger partial charge >= 0.3 is 0 Å². The van der Waals surface area contributed by atoms with Crippen molar-refractivity contribution in [3.8, 4) is 0 Å². The molecule has 1 N–H and O–H groups in total. The first-order chi connectivity index (χ1) is 8.48. The summed E-state index contributed by atoms with van der Waals surface area (Å²) in [6.45, 7) is 0. The van der Waals surface area contributed by atoms with Crippen LogP contribution in [0.4, 0.5) is 0 Å². The van der Waals surface area contributed by atoms with Crippen LogP contribution in [0.3, 0.4) is 0 Å². The number of nitrogens with zero attached hydrogens (tertiary/aromatic N) is 1. The van der Waals surface area contributed by atoms with Gasteiger partial charge in [-0.3, -0.25) is 4.98 Å². The summed E-state index contributed by atoms with van der Waals surface area (Å²) < 4.78 is 22.6. The third-order valence-electron chi connectivity index (χ3n) is 2.65. The largest absolute Gasteiger partial charge is 0.384 e. The van der Waals surface area contributed by atoms with Gasteiger partial charge in [-0.1, -0.05) is 12.1 Å². The Morgan fingerprint density at radius 1 is 1.00 bits per heavy atom. The zero-order valence-electron chi connectivity index (χ0n) is 9.82. The Labute approximate surface area is 106 Å². The fourth-order valence-corrected chi connectivity index (χ4v) is 2.27. The number of hydrogen-bond acceptors (Lipinski definition) is 4. The molecule has 0 spiro atoms. The van der Waals surface area contributed by atoms with E-state index in [0.29, 0.717) is 5.56 Å². The fourth-order valence-electron chi connectivity index (χ4n) is 1.64. The molecule has 0 aliphatic heterocycles. The molecule has 1 atom stereocenters. The van der Waals surface area contributed by atoms with Gasteiger partial charge in [0.15, 0.2) is 9.84 Å². The summed E-state index contributed by atoms with van der Waals surface area (Å²) in [4.78, 5) is 4.12. The average molecular weight is 263 g/mol. The topological polar surface area (TPSA) is 67.3 Å². The normalized spacial score (nSPS) is 13.2. The van der Waals surface area contributed by atoms with E-state index in [-0.39, 0.29) is 4.90 Å². The monoisotopic (exact) mass is 263 g/mol. The van der Waals surface area contributed by atoms with Gasteiger partial charge in [0.1, 0.15) is 6.10 Å². The molecule has 2 aromatic rings. The van der Waals surface area contributed by atoms with E-state index in [0.717, 1.165) is 11.8 Å². The SMILES string of the molecule is CS(=O)(=O)c1ccc([C@H](O)c2ccncc2)cc1. The lowest BCUT2D eigenvalue weighted by Crippen LogP contribution is -2.01. The molecule has 0 saturated heterocycles. The predicted molar refractivity (Wildman–Crippen MR) is 67.9 cm³/mol. The van der Waals surface area contributed by atoms with E-state index >= 15 is 0 Å². The van der Waals surface area contributed by atoms with E-state index in [9.17, 15) is 13.5 Å². The van der Waals surface area contributed by atoms with Gasteiger partial charge in [0.25, 0.3) is 0 Å². The molecule has 0 bridgehead atoms. The molecule has 0 unspecified atom stereocenters. The van der Waals surface area contributed by atoms with Crippen LogP contribution in [0.5, 0.6) is 0 Å². The van der Waals surface area contributed by atoms with Gasteiger partial charge in [-0.25, -0.2) is 8.42 Å². The summed E-state index contributed by atoms with van der Waals surface area (Å²) in [5.74, 6) is 0. The molecule has 1 heterocycles. The maximum atomic E-state index is 11.3. The zero-order valence-corrected chi connectivity index (χ0v) is 10.6. The highest BCUT2D eigenvalue weighted by molar-refractivity contribution is 7.90. The van der Waals surface area contributed by atoms with Crippen LogP contribution < -0.4 is 0 Å². The van der Waals surface area contributed by atoms with E-state index in [1.807, 2.05) is 0 Å².